The molecule has 2 bridgehead atoms. The molecule has 2 N–H and O–H groups in total. The molecule has 3 aromatic carbocycles. The molecule has 0 aromatic heterocycles. The molecule has 33 heavy (non-hydrogen) atoms. The fraction of sp³-hybridized carbons (Fsp3) is 0.321. The Hall–Kier alpha value is -3.15. The maximum atomic E-state index is 13.0. The van der Waals surface area contributed by atoms with E-state index in [4.69, 9.17) is 0 Å². The van der Waals surface area contributed by atoms with Gasteiger partial charge in [0.1, 0.15) is 6.10 Å². The van der Waals surface area contributed by atoms with Crippen molar-refractivity contribution in [3.63, 3.8) is 0 Å². The minimum atomic E-state index is -0.675. The lowest BCUT2D eigenvalue weighted by atomic mass is 10.0. The number of nitrogens with zero attached hydrogens (tertiary/aromatic N) is 2. The molecule has 0 radical (unpaired) electrons. The van der Waals surface area contributed by atoms with Gasteiger partial charge in [-0.1, -0.05) is 66.7 Å². The van der Waals surface area contributed by atoms with Gasteiger partial charge in [0.2, 0.25) is 0 Å². The lowest BCUT2D eigenvalue weighted by Gasteiger charge is -2.38. The Morgan fingerprint density at radius 3 is 2.24 bits per heavy atom. The number of hydrogen-bond acceptors (Lipinski definition) is 3. The van der Waals surface area contributed by atoms with E-state index in [9.17, 15) is 9.90 Å². The number of likely N-dealkylation sites (tertiary alicyclic amines) is 2. The van der Waals surface area contributed by atoms with Crippen LogP contribution in [0.15, 0.2) is 78.9 Å². The largest absolute Gasteiger partial charge is 0.384 e. The van der Waals surface area contributed by atoms with Crippen LogP contribution in [0.5, 0.6) is 0 Å². The summed E-state index contributed by atoms with van der Waals surface area (Å²) in [6.07, 6.45) is 0.359. The second-order valence-corrected chi connectivity index (χ2v) is 9.29. The highest BCUT2D eigenvalue weighted by Crippen LogP contribution is 2.37. The standard InChI is InChI=1S/C28H31N3O2/c1-19-8-6-7-11-26(19)20(2)30-17-25-16-24(30)18-31(25)28(33)29-23-14-12-22(13-15-23)27(32)21-9-4-3-5-10-21/h3-15,20,24-25,27,32H,16-18H2,1-2H3,(H,29,33). The molecule has 170 valence electrons. The van der Waals surface area contributed by atoms with Crippen LogP contribution in [0.4, 0.5) is 10.5 Å². The van der Waals surface area contributed by atoms with Gasteiger partial charge in [0.05, 0.1) is 0 Å². The van der Waals surface area contributed by atoms with E-state index in [0.29, 0.717) is 12.1 Å². The van der Waals surface area contributed by atoms with Gasteiger partial charge >= 0.3 is 6.03 Å². The third-order valence-corrected chi connectivity index (χ3v) is 7.27. The fourth-order valence-corrected chi connectivity index (χ4v) is 5.43. The molecule has 2 aliphatic heterocycles. The smallest absolute Gasteiger partial charge is 0.322 e. The number of rotatable bonds is 5. The summed E-state index contributed by atoms with van der Waals surface area (Å²) in [6, 6.07) is 26.6. The van der Waals surface area contributed by atoms with Crippen LogP contribution in [0.1, 0.15) is 47.7 Å². The summed E-state index contributed by atoms with van der Waals surface area (Å²) in [5.41, 5.74) is 5.10. The number of hydrogen-bond donors (Lipinski definition) is 2. The lowest BCUT2D eigenvalue weighted by Crippen LogP contribution is -2.50. The zero-order chi connectivity index (χ0) is 22.9. The zero-order valence-corrected chi connectivity index (χ0v) is 19.2. The van der Waals surface area contributed by atoms with Crippen LogP contribution < -0.4 is 5.32 Å². The Balaban J connectivity index is 1.20. The summed E-state index contributed by atoms with van der Waals surface area (Å²) in [7, 11) is 0. The van der Waals surface area contributed by atoms with Gasteiger partial charge in [0, 0.05) is 36.9 Å². The summed E-state index contributed by atoms with van der Waals surface area (Å²) in [5.74, 6) is 0. The van der Waals surface area contributed by atoms with Crippen molar-refractivity contribution in [1.29, 1.82) is 0 Å². The SMILES string of the molecule is Cc1ccccc1C(C)N1CC2CC1CN2C(=O)Nc1ccc(C(O)c2ccccc2)cc1. The van der Waals surface area contributed by atoms with Crippen LogP contribution in [-0.4, -0.2) is 46.1 Å². The van der Waals surface area contributed by atoms with Crippen LogP contribution in [0.25, 0.3) is 0 Å². The molecule has 5 heteroatoms. The van der Waals surface area contributed by atoms with Crippen molar-refractivity contribution in [1.82, 2.24) is 9.80 Å². The normalized spacial score (nSPS) is 21.7. The summed E-state index contributed by atoms with van der Waals surface area (Å²) in [6.45, 7) is 6.12. The zero-order valence-electron chi connectivity index (χ0n) is 19.2. The highest BCUT2D eigenvalue weighted by molar-refractivity contribution is 5.90. The molecule has 4 unspecified atom stereocenters. The number of amides is 2. The number of anilines is 1. The molecular weight excluding hydrogens is 410 g/mol. The Bertz CT molecular complexity index is 1120. The van der Waals surface area contributed by atoms with Crippen molar-refractivity contribution in [2.45, 2.75) is 44.5 Å². The number of carbonyl (C=O) groups is 1. The van der Waals surface area contributed by atoms with E-state index in [1.54, 1.807) is 0 Å². The molecular formula is C28H31N3O2. The van der Waals surface area contributed by atoms with Crippen LogP contribution >= 0.6 is 0 Å². The number of fused-ring (bicyclic) bond motifs is 2. The van der Waals surface area contributed by atoms with E-state index < -0.39 is 6.10 Å². The average Bonchev–Trinajstić information content (AvgIpc) is 3.46. The highest BCUT2D eigenvalue weighted by atomic mass is 16.3. The molecule has 2 fully saturated rings. The van der Waals surface area contributed by atoms with Crippen molar-refractivity contribution in [2.24, 2.45) is 0 Å². The first-order valence-corrected chi connectivity index (χ1v) is 11.7. The number of aliphatic hydroxyl groups is 1. The third-order valence-electron chi connectivity index (χ3n) is 7.27. The molecule has 4 atom stereocenters. The average molecular weight is 442 g/mol. The third kappa shape index (κ3) is 4.26. The molecule has 5 rings (SSSR count). The first kappa shape index (κ1) is 21.7. The van der Waals surface area contributed by atoms with Crippen molar-refractivity contribution >= 4 is 11.7 Å². The number of piperazine rings is 1. The predicted octanol–water partition coefficient (Wildman–Crippen LogP) is 5.13. The maximum Gasteiger partial charge on any atom is 0.322 e. The Morgan fingerprint density at radius 2 is 1.58 bits per heavy atom. The predicted molar refractivity (Wildman–Crippen MR) is 131 cm³/mol. The topological polar surface area (TPSA) is 55.8 Å². The Kier molecular flexibility index (Phi) is 5.92. The van der Waals surface area contributed by atoms with Crippen LogP contribution in [0.2, 0.25) is 0 Å². The number of aryl methyl sites for hydroxylation is 1. The highest BCUT2D eigenvalue weighted by Gasteiger charge is 2.46. The van der Waals surface area contributed by atoms with Gasteiger partial charge in [0.25, 0.3) is 0 Å². The second-order valence-electron chi connectivity index (χ2n) is 9.29. The Labute approximate surface area is 195 Å². The second kappa shape index (κ2) is 9.00. The van der Waals surface area contributed by atoms with Gasteiger partial charge in [-0.15, -0.1) is 0 Å². The van der Waals surface area contributed by atoms with Gasteiger partial charge in [-0.3, -0.25) is 4.90 Å². The maximum absolute atomic E-state index is 13.0. The summed E-state index contributed by atoms with van der Waals surface area (Å²) >= 11 is 0. The van der Waals surface area contributed by atoms with E-state index in [2.05, 4.69) is 48.3 Å². The van der Waals surface area contributed by atoms with E-state index >= 15 is 0 Å². The van der Waals surface area contributed by atoms with Crippen LogP contribution in [0.3, 0.4) is 0 Å². The molecule has 2 amide bonds. The monoisotopic (exact) mass is 441 g/mol. The molecule has 2 aliphatic rings. The first-order valence-electron chi connectivity index (χ1n) is 11.7. The van der Waals surface area contributed by atoms with Gasteiger partial charge in [-0.25, -0.2) is 4.79 Å². The number of benzene rings is 3. The van der Waals surface area contributed by atoms with Crippen molar-refractivity contribution in [2.75, 3.05) is 18.4 Å². The van der Waals surface area contributed by atoms with Gasteiger partial charge in [0.15, 0.2) is 0 Å². The van der Waals surface area contributed by atoms with Crippen LogP contribution in [-0.2, 0) is 0 Å². The molecule has 2 saturated heterocycles. The molecule has 5 nitrogen and oxygen atoms in total. The number of nitrogens with one attached hydrogen (secondary N) is 1. The van der Waals surface area contributed by atoms with Crippen molar-refractivity contribution in [3.8, 4) is 0 Å². The van der Waals surface area contributed by atoms with E-state index in [0.717, 1.165) is 36.3 Å². The quantitative estimate of drug-likeness (QED) is 0.577. The van der Waals surface area contributed by atoms with E-state index in [1.807, 2.05) is 59.5 Å². The van der Waals surface area contributed by atoms with Gasteiger partial charge in [-0.05, 0) is 54.7 Å². The molecule has 0 aliphatic carbocycles. The van der Waals surface area contributed by atoms with Gasteiger partial charge < -0.3 is 15.3 Å². The molecule has 0 saturated carbocycles. The molecule has 0 spiro atoms. The number of urea groups is 1. The summed E-state index contributed by atoms with van der Waals surface area (Å²) in [4.78, 5) is 17.5. The molecule has 3 aromatic rings. The molecule has 2 heterocycles. The van der Waals surface area contributed by atoms with Crippen molar-refractivity contribution in [3.05, 3.63) is 101 Å². The summed E-state index contributed by atoms with van der Waals surface area (Å²) < 4.78 is 0. The Morgan fingerprint density at radius 1 is 0.909 bits per heavy atom. The van der Waals surface area contributed by atoms with E-state index in [1.165, 1.54) is 11.1 Å². The minimum absolute atomic E-state index is 0.0398. The lowest BCUT2D eigenvalue weighted by molar-refractivity contribution is 0.115. The first-order chi connectivity index (χ1) is 16.0. The van der Waals surface area contributed by atoms with E-state index in [-0.39, 0.29) is 12.1 Å². The fourth-order valence-electron chi connectivity index (χ4n) is 5.43. The van der Waals surface area contributed by atoms with Gasteiger partial charge in [-0.2, -0.15) is 0 Å². The minimum Gasteiger partial charge on any atom is -0.384 e. The van der Waals surface area contributed by atoms with Crippen molar-refractivity contribution < 1.29 is 9.90 Å². The van der Waals surface area contributed by atoms with Crippen LogP contribution in [0, 0.1) is 6.92 Å². The summed E-state index contributed by atoms with van der Waals surface area (Å²) in [5, 5.41) is 13.6. The number of carbonyl (C=O) groups excluding carboxylic acids is 1. The number of aliphatic hydroxyl groups excluding tert-OH is 1.